The van der Waals surface area contributed by atoms with Crippen LogP contribution in [0.4, 0.5) is 5.69 Å². The van der Waals surface area contributed by atoms with Crippen molar-refractivity contribution in [3.8, 4) is 0 Å². The van der Waals surface area contributed by atoms with Crippen LogP contribution < -0.4 is 5.32 Å². The van der Waals surface area contributed by atoms with Crippen molar-refractivity contribution in [3.05, 3.63) is 40.7 Å². The Balaban J connectivity index is 1.82. The summed E-state index contributed by atoms with van der Waals surface area (Å²) in [5.74, 6) is 0.0470. The normalized spacial score (nSPS) is 10.1. The Morgan fingerprint density at radius 2 is 2.24 bits per heavy atom. The highest BCUT2D eigenvalue weighted by molar-refractivity contribution is 7.99. The molecule has 110 valence electrons. The number of hydrogen-bond acceptors (Lipinski definition) is 6. The Bertz CT molecular complexity index is 614. The predicted octanol–water partition coefficient (Wildman–Crippen LogP) is 3.05. The minimum Gasteiger partial charge on any atom is -0.465 e. The van der Waals surface area contributed by atoms with Gasteiger partial charge in [-0.3, -0.25) is 4.79 Å². The van der Waals surface area contributed by atoms with Gasteiger partial charge in [0.2, 0.25) is 5.91 Å². The van der Waals surface area contributed by atoms with Gasteiger partial charge in [0, 0.05) is 18.4 Å². The third-order valence-corrected chi connectivity index (χ3v) is 4.37. The summed E-state index contributed by atoms with van der Waals surface area (Å²) in [6.07, 6.45) is 2.06. The van der Waals surface area contributed by atoms with E-state index in [-0.39, 0.29) is 5.91 Å². The number of hydrogen-bond donors (Lipinski definition) is 1. The average Bonchev–Trinajstić information content (AvgIpc) is 2.95. The lowest BCUT2D eigenvalue weighted by molar-refractivity contribution is -0.115. The van der Waals surface area contributed by atoms with Gasteiger partial charge in [-0.1, -0.05) is 6.07 Å². The Hall–Kier alpha value is -1.86. The lowest BCUT2D eigenvalue weighted by Gasteiger charge is -2.05. The number of rotatable bonds is 6. The second-order valence-corrected chi connectivity index (χ2v) is 6.00. The van der Waals surface area contributed by atoms with Crippen molar-refractivity contribution in [2.24, 2.45) is 0 Å². The third kappa shape index (κ3) is 4.57. The lowest BCUT2D eigenvalue weighted by atomic mass is 10.3. The van der Waals surface area contributed by atoms with Gasteiger partial charge in [0.25, 0.3) is 0 Å². The van der Waals surface area contributed by atoms with Crippen molar-refractivity contribution in [2.45, 2.75) is 11.4 Å². The van der Waals surface area contributed by atoms with E-state index >= 15 is 0 Å². The van der Waals surface area contributed by atoms with Gasteiger partial charge in [-0.25, -0.2) is 9.78 Å². The topological polar surface area (TPSA) is 68.3 Å². The summed E-state index contributed by atoms with van der Waals surface area (Å²) in [4.78, 5) is 27.9. The molecule has 0 atom stereocenters. The summed E-state index contributed by atoms with van der Waals surface area (Å²) in [7, 11) is 1.32. The number of carbonyl (C=O) groups excluding carboxylic acids is 2. The van der Waals surface area contributed by atoms with E-state index in [0.29, 0.717) is 22.7 Å². The zero-order chi connectivity index (χ0) is 15.1. The Morgan fingerprint density at radius 3 is 2.95 bits per heavy atom. The number of thioether (sulfide) groups is 1. The monoisotopic (exact) mass is 322 g/mol. The van der Waals surface area contributed by atoms with Crippen LogP contribution in [-0.2, 0) is 9.53 Å². The quantitative estimate of drug-likeness (QED) is 0.654. The number of methoxy groups -OCH3 is 1. The maximum Gasteiger partial charge on any atom is 0.350 e. The van der Waals surface area contributed by atoms with Gasteiger partial charge in [-0.2, -0.15) is 0 Å². The fourth-order valence-electron chi connectivity index (χ4n) is 1.55. The van der Waals surface area contributed by atoms with Gasteiger partial charge in [0.05, 0.1) is 17.8 Å². The number of esters is 1. The zero-order valence-corrected chi connectivity index (χ0v) is 13.0. The van der Waals surface area contributed by atoms with Crippen LogP contribution in [0.15, 0.2) is 40.9 Å². The molecule has 0 aliphatic heterocycles. The van der Waals surface area contributed by atoms with E-state index in [0.717, 1.165) is 5.03 Å². The number of carbonyl (C=O) groups is 2. The van der Waals surface area contributed by atoms with E-state index in [1.165, 1.54) is 30.2 Å². The Labute approximate surface area is 130 Å². The minimum absolute atomic E-state index is 0.137. The fraction of sp³-hybridized carbons (Fsp3) is 0.214. The highest BCUT2D eigenvalue weighted by Crippen LogP contribution is 2.23. The molecule has 0 aliphatic rings. The molecule has 0 aliphatic carbocycles. The number of aromatic nitrogens is 1. The third-order valence-electron chi connectivity index (χ3n) is 2.53. The number of amides is 1. The molecule has 0 saturated heterocycles. The molecule has 0 saturated carbocycles. The second-order valence-electron chi connectivity index (χ2n) is 3.97. The molecular weight excluding hydrogens is 308 g/mol. The summed E-state index contributed by atoms with van der Waals surface area (Å²) < 4.78 is 4.66. The first-order chi connectivity index (χ1) is 10.2. The maximum atomic E-state index is 11.9. The van der Waals surface area contributed by atoms with Gasteiger partial charge >= 0.3 is 5.97 Å². The molecule has 2 aromatic rings. The van der Waals surface area contributed by atoms with Crippen LogP contribution in [0, 0.1) is 0 Å². The molecule has 2 heterocycles. The molecule has 0 bridgehead atoms. The smallest absolute Gasteiger partial charge is 0.350 e. The molecule has 7 heteroatoms. The van der Waals surface area contributed by atoms with E-state index in [4.69, 9.17) is 0 Å². The van der Waals surface area contributed by atoms with Crippen molar-refractivity contribution in [3.63, 3.8) is 0 Å². The lowest BCUT2D eigenvalue weighted by Crippen LogP contribution is -2.14. The maximum absolute atomic E-state index is 11.9. The van der Waals surface area contributed by atoms with Crippen LogP contribution in [0.2, 0.25) is 0 Å². The molecule has 0 fully saturated rings. The molecule has 0 aromatic carbocycles. The summed E-state index contributed by atoms with van der Waals surface area (Å²) in [6, 6.07) is 7.35. The summed E-state index contributed by atoms with van der Waals surface area (Å²) in [5.41, 5.74) is 0.500. The van der Waals surface area contributed by atoms with E-state index in [2.05, 4.69) is 15.0 Å². The van der Waals surface area contributed by atoms with Crippen molar-refractivity contribution >= 4 is 40.7 Å². The van der Waals surface area contributed by atoms with E-state index in [1.807, 2.05) is 18.2 Å². The van der Waals surface area contributed by atoms with Crippen LogP contribution in [0.1, 0.15) is 16.1 Å². The molecular formula is C14H14N2O3S2. The molecule has 0 unspecified atom stereocenters. The number of anilines is 1. The highest BCUT2D eigenvalue weighted by atomic mass is 32.2. The van der Waals surface area contributed by atoms with Gasteiger partial charge in [0.15, 0.2) is 0 Å². The van der Waals surface area contributed by atoms with E-state index < -0.39 is 5.97 Å². The summed E-state index contributed by atoms with van der Waals surface area (Å²) >= 11 is 2.76. The number of nitrogens with zero attached hydrogens (tertiary/aromatic N) is 1. The first-order valence-electron chi connectivity index (χ1n) is 6.20. The first kappa shape index (κ1) is 15.5. The van der Waals surface area contributed by atoms with E-state index in [9.17, 15) is 9.59 Å². The standard InChI is InChI=1S/C14H14N2O3S2/c1-19-14(18)13-10(5-8-21-13)16-11(17)6-9-20-12-4-2-3-7-15-12/h2-5,7-8H,6,9H2,1H3,(H,16,17). The Morgan fingerprint density at radius 1 is 1.38 bits per heavy atom. The number of thiophene rings is 1. The number of ether oxygens (including phenoxy) is 1. The van der Waals surface area contributed by atoms with Gasteiger partial charge in [-0.15, -0.1) is 23.1 Å². The fourth-order valence-corrected chi connectivity index (χ4v) is 3.12. The van der Waals surface area contributed by atoms with Crippen LogP contribution in [-0.4, -0.2) is 29.7 Å². The molecule has 2 rings (SSSR count). The van der Waals surface area contributed by atoms with Crippen LogP contribution in [0.25, 0.3) is 0 Å². The molecule has 21 heavy (non-hydrogen) atoms. The average molecular weight is 322 g/mol. The predicted molar refractivity (Wildman–Crippen MR) is 83.9 cm³/mol. The summed E-state index contributed by atoms with van der Waals surface area (Å²) in [5, 5.41) is 5.35. The van der Waals surface area contributed by atoms with Gasteiger partial charge < -0.3 is 10.1 Å². The van der Waals surface area contributed by atoms with Crippen molar-refractivity contribution in [1.82, 2.24) is 4.98 Å². The zero-order valence-electron chi connectivity index (χ0n) is 11.4. The number of nitrogens with one attached hydrogen (secondary N) is 1. The van der Waals surface area contributed by atoms with E-state index in [1.54, 1.807) is 17.6 Å². The Kier molecular flexibility index (Phi) is 5.77. The molecule has 2 aromatic heterocycles. The second kappa shape index (κ2) is 7.80. The van der Waals surface area contributed by atoms with Gasteiger partial charge in [0.1, 0.15) is 4.88 Å². The summed E-state index contributed by atoms with van der Waals surface area (Å²) in [6.45, 7) is 0. The largest absolute Gasteiger partial charge is 0.465 e. The SMILES string of the molecule is COC(=O)c1sccc1NC(=O)CCSc1ccccn1. The molecule has 1 N–H and O–H groups in total. The molecule has 0 spiro atoms. The first-order valence-corrected chi connectivity index (χ1v) is 8.06. The van der Waals surface area contributed by atoms with Crippen molar-refractivity contribution in [2.75, 3.05) is 18.2 Å². The van der Waals surface area contributed by atoms with Crippen LogP contribution in [0.5, 0.6) is 0 Å². The number of pyridine rings is 1. The van der Waals surface area contributed by atoms with Crippen molar-refractivity contribution < 1.29 is 14.3 Å². The van der Waals surface area contributed by atoms with Gasteiger partial charge in [-0.05, 0) is 23.6 Å². The van der Waals surface area contributed by atoms with Crippen molar-refractivity contribution in [1.29, 1.82) is 0 Å². The van der Waals surface area contributed by atoms with Crippen LogP contribution >= 0.6 is 23.1 Å². The molecule has 0 radical (unpaired) electrons. The highest BCUT2D eigenvalue weighted by Gasteiger charge is 2.15. The minimum atomic E-state index is -0.442. The molecule has 5 nitrogen and oxygen atoms in total. The van der Waals surface area contributed by atoms with Crippen LogP contribution in [0.3, 0.4) is 0 Å². The molecule has 1 amide bonds.